The SMILES string of the molecule is CCC1OC(OC(=O)C23CCC(C)(C)CC2C2CCC4C5(C)CCC(OC6OCC(O)C(O)C6OC6OC(C)C(O)C(OC7OC(O)C(O)C(O)C7O)C6O)C(C)(C)C5CCC4(C)C2(C)CC3)C(C)CC1OC1OC(CO)C(O)C(O)C1O. The van der Waals surface area contributed by atoms with Crippen LogP contribution in [-0.4, -0.2) is 222 Å². The molecule has 32 unspecified atom stereocenters. The maximum absolute atomic E-state index is 15.3. The van der Waals surface area contributed by atoms with Crippen LogP contribution in [0.25, 0.3) is 0 Å². The number of hydrogen-bond donors (Lipinski definition) is 12. The summed E-state index contributed by atoms with van der Waals surface area (Å²) in [5.74, 6) is 0.456. The molecule has 0 bridgehead atoms. The summed E-state index contributed by atoms with van der Waals surface area (Å²) < 4.78 is 61.3. The molecule has 23 heteroatoms. The van der Waals surface area contributed by atoms with Crippen molar-refractivity contribution in [3.63, 3.8) is 0 Å². The molecule has 0 aromatic rings. The van der Waals surface area contributed by atoms with Crippen LogP contribution in [0.3, 0.4) is 0 Å². The van der Waals surface area contributed by atoms with E-state index >= 15 is 4.79 Å². The fourth-order valence-corrected chi connectivity index (χ4v) is 18.6. The van der Waals surface area contributed by atoms with E-state index in [0.717, 1.165) is 57.8 Å². The summed E-state index contributed by atoms with van der Waals surface area (Å²) in [6.45, 7) is 21.2. The predicted molar refractivity (Wildman–Crippen MR) is 288 cm³/mol. The summed E-state index contributed by atoms with van der Waals surface area (Å²) in [4.78, 5) is 15.3. The molecule has 5 saturated heterocycles. The molecule has 23 nitrogen and oxygen atoms in total. The lowest BCUT2D eigenvalue weighted by atomic mass is 9.31. The molecule has 5 heterocycles. The molecular weight excluding hydrogens is 1090 g/mol. The van der Waals surface area contributed by atoms with Crippen LogP contribution in [0.2, 0.25) is 0 Å². The number of carbonyl (C=O) groups is 1. The van der Waals surface area contributed by atoms with Gasteiger partial charge in [0.1, 0.15) is 79.4 Å². The Morgan fingerprint density at radius 1 is 0.542 bits per heavy atom. The van der Waals surface area contributed by atoms with E-state index in [1.807, 2.05) is 13.8 Å². The number of esters is 1. The van der Waals surface area contributed by atoms with Gasteiger partial charge in [-0.15, -0.1) is 0 Å². The minimum atomic E-state index is -1.95. The molecule has 12 N–H and O–H groups in total. The van der Waals surface area contributed by atoms with E-state index < -0.39 is 159 Å². The molecule has 83 heavy (non-hydrogen) atoms. The van der Waals surface area contributed by atoms with Crippen molar-refractivity contribution in [1.82, 2.24) is 0 Å². The van der Waals surface area contributed by atoms with Gasteiger partial charge in [0.2, 0.25) is 6.29 Å². The van der Waals surface area contributed by atoms with E-state index in [1.54, 1.807) is 0 Å². The third-order valence-corrected chi connectivity index (χ3v) is 23.8. The lowest BCUT2D eigenvalue weighted by molar-refractivity contribution is -0.391. The van der Waals surface area contributed by atoms with Crippen LogP contribution in [0.5, 0.6) is 0 Å². The second-order valence-corrected chi connectivity index (χ2v) is 29.2. The average Bonchev–Trinajstić information content (AvgIpc) is 0.777. The molecule has 5 aliphatic carbocycles. The highest BCUT2D eigenvalue weighted by atomic mass is 16.8. The van der Waals surface area contributed by atoms with Gasteiger partial charge < -0.3 is 109 Å². The van der Waals surface area contributed by atoms with Crippen LogP contribution >= 0.6 is 0 Å². The van der Waals surface area contributed by atoms with Crippen LogP contribution < -0.4 is 0 Å². The number of ether oxygens (including phenoxy) is 10. The third-order valence-electron chi connectivity index (χ3n) is 23.8. The van der Waals surface area contributed by atoms with E-state index in [1.165, 1.54) is 6.92 Å². The number of hydrogen-bond acceptors (Lipinski definition) is 23. The van der Waals surface area contributed by atoms with Gasteiger partial charge in [0.25, 0.3) is 0 Å². The topological polar surface area (TPSA) is 352 Å². The third kappa shape index (κ3) is 11.0. The van der Waals surface area contributed by atoms with Gasteiger partial charge in [-0.3, -0.25) is 4.79 Å². The van der Waals surface area contributed by atoms with Gasteiger partial charge in [0, 0.05) is 5.92 Å². The van der Waals surface area contributed by atoms with Crippen LogP contribution in [0.15, 0.2) is 0 Å². The van der Waals surface area contributed by atoms with Crippen molar-refractivity contribution in [2.75, 3.05) is 13.2 Å². The van der Waals surface area contributed by atoms with Gasteiger partial charge in [-0.2, -0.15) is 0 Å². The van der Waals surface area contributed by atoms with Gasteiger partial charge >= 0.3 is 5.97 Å². The van der Waals surface area contributed by atoms with Crippen molar-refractivity contribution in [2.45, 2.75) is 294 Å². The Kier molecular flexibility index (Phi) is 18.5. The molecule has 5 aliphatic heterocycles. The van der Waals surface area contributed by atoms with Gasteiger partial charge in [0.15, 0.2) is 31.5 Å². The van der Waals surface area contributed by atoms with Crippen molar-refractivity contribution in [3.8, 4) is 0 Å². The number of carbonyl (C=O) groups excluding carboxylic acids is 1. The molecule has 0 radical (unpaired) electrons. The first-order valence-corrected chi connectivity index (χ1v) is 31.0. The lowest BCUT2D eigenvalue weighted by Crippen LogP contribution is -2.68. The van der Waals surface area contributed by atoms with E-state index in [2.05, 4.69) is 48.5 Å². The molecular formula is C60H100O23. The van der Waals surface area contributed by atoms with Crippen molar-refractivity contribution < 1.29 is 113 Å². The number of rotatable bonds is 12. The summed E-state index contributed by atoms with van der Waals surface area (Å²) in [6, 6.07) is 0. The molecule has 0 amide bonds. The minimum absolute atomic E-state index is 0.0195. The summed E-state index contributed by atoms with van der Waals surface area (Å²) in [5, 5.41) is 128. The quantitative estimate of drug-likeness (QED) is 0.0965. The van der Waals surface area contributed by atoms with Gasteiger partial charge in [-0.1, -0.05) is 62.3 Å². The Bertz CT molecular complexity index is 2240. The van der Waals surface area contributed by atoms with Crippen LogP contribution in [-0.2, 0) is 52.2 Å². The van der Waals surface area contributed by atoms with Crippen molar-refractivity contribution in [1.29, 1.82) is 0 Å². The number of aliphatic hydroxyl groups excluding tert-OH is 12. The smallest absolute Gasteiger partial charge is 0.314 e. The summed E-state index contributed by atoms with van der Waals surface area (Å²) in [5.41, 5.74) is -1.34. The Hall–Kier alpha value is -1.37. The number of aliphatic hydroxyl groups is 12. The molecule has 10 rings (SSSR count). The van der Waals surface area contributed by atoms with Crippen molar-refractivity contribution in [2.24, 2.45) is 62.1 Å². The molecule has 0 spiro atoms. The maximum Gasteiger partial charge on any atom is 0.314 e. The highest BCUT2D eigenvalue weighted by Gasteiger charge is 2.72. The zero-order valence-electron chi connectivity index (χ0n) is 50.1. The molecule has 10 fully saturated rings. The van der Waals surface area contributed by atoms with Gasteiger partial charge in [-0.05, 0) is 141 Å². The standard InChI is InChI=1S/C60H100O23/c1-11-31-32(77-50-43(69)40(66)39(65)33(24-61)78-50)22-26(2)49(76-31)83-54(73)60-20-18-55(4,5)23-29(60)28-12-13-35-57(8)16-15-36(56(6,7)34(57)14-17-59(35,10)58(28,9)19-21-60)79-53-47(38(64)30(62)25-74-53)81-52-45(71)46(37(63)27(3)75-52)80-51-44(70)41(67)42(68)48(72)82-51/h26-53,61-72H,11-25H2,1-10H3. The zero-order chi connectivity index (χ0) is 60.4. The van der Waals surface area contributed by atoms with Gasteiger partial charge in [-0.25, -0.2) is 0 Å². The van der Waals surface area contributed by atoms with E-state index in [-0.39, 0.29) is 57.9 Å². The Morgan fingerprint density at radius 2 is 1.18 bits per heavy atom. The van der Waals surface area contributed by atoms with E-state index in [9.17, 15) is 61.3 Å². The Balaban J connectivity index is 0.820. The van der Waals surface area contributed by atoms with E-state index in [0.29, 0.717) is 31.6 Å². The van der Waals surface area contributed by atoms with Crippen molar-refractivity contribution >= 4 is 5.97 Å². The normalized spacial score (nSPS) is 55.2. The Morgan fingerprint density at radius 3 is 1.87 bits per heavy atom. The molecule has 32 atom stereocenters. The van der Waals surface area contributed by atoms with E-state index in [4.69, 9.17) is 47.4 Å². The van der Waals surface area contributed by atoms with Gasteiger partial charge in [0.05, 0.1) is 43.0 Å². The van der Waals surface area contributed by atoms with Crippen LogP contribution in [0, 0.1) is 62.1 Å². The number of fused-ring (bicyclic) bond motifs is 7. The van der Waals surface area contributed by atoms with Crippen LogP contribution in [0.1, 0.15) is 153 Å². The van der Waals surface area contributed by atoms with Crippen LogP contribution in [0.4, 0.5) is 0 Å². The molecule has 10 aliphatic rings. The Labute approximate surface area is 487 Å². The molecule has 478 valence electrons. The second-order valence-electron chi connectivity index (χ2n) is 29.2. The predicted octanol–water partition coefficient (Wildman–Crippen LogP) is 1.22. The fourth-order valence-electron chi connectivity index (χ4n) is 18.6. The highest BCUT2D eigenvalue weighted by molar-refractivity contribution is 5.78. The summed E-state index contributed by atoms with van der Waals surface area (Å²) in [7, 11) is 0. The fraction of sp³-hybridized carbons (Fsp3) is 0.983. The first-order valence-electron chi connectivity index (χ1n) is 31.0. The lowest BCUT2D eigenvalue weighted by Gasteiger charge is -2.73. The maximum atomic E-state index is 15.3. The first kappa shape index (κ1) is 64.6. The highest BCUT2D eigenvalue weighted by Crippen LogP contribution is 2.77. The largest absolute Gasteiger partial charge is 0.435 e. The molecule has 0 aromatic carbocycles. The van der Waals surface area contributed by atoms with Crippen molar-refractivity contribution in [3.05, 3.63) is 0 Å². The average molecular weight is 1190 g/mol. The zero-order valence-corrected chi connectivity index (χ0v) is 50.1. The monoisotopic (exact) mass is 1190 g/mol. The first-order chi connectivity index (χ1) is 38.9. The molecule has 0 aromatic heterocycles. The summed E-state index contributed by atoms with van der Waals surface area (Å²) in [6.07, 6.45) is -21.5. The molecule has 5 saturated carbocycles. The second kappa shape index (κ2) is 23.8. The summed E-state index contributed by atoms with van der Waals surface area (Å²) >= 11 is 0. The minimum Gasteiger partial charge on any atom is -0.435 e.